The van der Waals surface area contributed by atoms with Crippen LogP contribution in [0.1, 0.15) is 16.8 Å². The summed E-state index contributed by atoms with van der Waals surface area (Å²) in [5.41, 5.74) is 0.634. The minimum absolute atomic E-state index is 0.0285. The third-order valence-electron chi connectivity index (χ3n) is 2.79. The Kier molecular flexibility index (Phi) is 3.10. The topological polar surface area (TPSA) is 49.8 Å². The number of likely N-dealkylation sites (tertiary alicyclic amines) is 1. The zero-order chi connectivity index (χ0) is 11.5. The number of benzene rings is 1. The number of carbonyl (C=O) groups excluding carboxylic acids is 1. The lowest BCUT2D eigenvalue weighted by atomic mass is 10.2. The van der Waals surface area contributed by atoms with Crippen molar-refractivity contribution in [3.63, 3.8) is 0 Å². The maximum atomic E-state index is 12.0. The van der Waals surface area contributed by atoms with E-state index in [0.717, 1.165) is 5.75 Å². The van der Waals surface area contributed by atoms with Gasteiger partial charge in [-0.3, -0.25) is 4.79 Å². The highest BCUT2D eigenvalue weighted by Gasteiger charge is 2.25. The molecule has 16 heavy (non-hydrogen) atoms. The van der Waals surface area contributed by atoms with Crippen molar-refractivity contribution < 1.29 is 14.6 Å². The highest BCUT2D eigenvalue weighted by molar-refractivity contribution is 5.94. The third-order valence-corrected chi connectivity index (χ3v) is 2.79. The molecule has 0 aliphatic carbocycles. The molecule has 0 unspecified atom stereocenters. The average Bonchev–Trinajstić information content (AvgIpc) is 2.75. The second-order valence-electron chi connectivity index (χ2n) is 3.92. The van der Waals surface area contributed by atoms with E-state index < -0.39 is 0 Å². The van der Waals surface area contributed by atoms with E-state index in [1.165, 1.54) is 0 Å². The van der Waals surface area contributed by atoms with E-state index in [1.54, 1.807) is 36.3 Å². The van der Waals surface area contributed by atoms with Crippen LogP contribution in [0.5, 0.6) is 5.75 Å². The minimum atomic E-state index is -0.373. The maximum absolute atomic E-state index is 12.0. The van der Waals surface area contributed by atoms with Gasteiger partial charge in [0.25, 0.3) is 5.91 Å². The molecule has 1 saturated heterocycles. The van der Waals surface area contributed by atoms with E-state index >= 15 is 0 Å². The van der Waals surface area contributed by atoms with Gasteiger partial charge >= 0.3 is 0 Å². The molecule has 1 aromatic rings. The van der Waals surface area contributed by atoms with E-state index in [-0.39, 0.29) is 12.0 Å². The first-order valence-electron chi connectivity index (χ1n) is 5.32. The molecule has 0 spiro atoms. The van der Waals surface area contributed by atoms with Gasteiger partial charge in [0.15, 0.2) is 0 Å². The number of amides is 1. The van der Waals surface area contributed by atoms with E-state index in [4.69, 9.17) is 4.74 Å². The fourth-order valence-electron chi connectivity index (χ4n) is 1.84. The van der Waals surface area contributed by atoms with Crippen LogP contribution < -0.4 is 4.74 Å². The fourth-order valence-corrected chi connectivity index (χ4v) is 1.84. The summed E-state index contributed by atoms with van der Waals surface area (Å²) in [7, 11) is 1.59. The van der Waals surface area contributed by atoms with Crippen LogP contribution in [-0.2, 0) is 0 Å². The summed E-state index contributed by atoms with van der Waals surface area (Å²) in [5, 5.41) is 9.36. The highest BCUT2D eigenvalue weighted by atomic mass is 16.5. The Morgan fingerprint density at radius 3 is 2.62 bits per heavy atom. The highest BCUT2D eigenvalue weighted by Crippen LogP contribution is 2.16. The Bertz CT molecular complexity index is 374. The quantitative estimate of drug-likeness (QED) is 0.807. The van der Waals surface area contributed by atoms with Gasteiger partial charge in [-0.2, -0.15) is 0 Å². The standard InChI is InChI=1S/C12H15NO3/c1-16-11-4-2-9(3-5-11)12(15)13-7-6-10(14)8-13/h2-5,10,14H,6-8H2,1H3/t10-/m1/s1. The normalized spacial score (nSPS) is 19.9. The Hall–Kier alpha value is -1.55. The molecule has 4 nitrogen and oxygen atoms in total. The third kappa shape index (κ3) is 2.17. The Morgan fingerprint density at radius 2 is 2.12 bits per heavy atom. The smallest absolute Gasteiger partial charge is 0.253 e. The van der Waals surface area contributed by atoms with Gasteiger partial charge in [0, 0.05) is 18.7 Å². The number of nitrogens with zero attached hydrogens (tertiary/aromatic N) is 1. The Balaban J connectivity index is 2.08. The molecule has 0 bridgehead atoms. The summed E-state index contributed by atoms with van der Waals surface area (Å²) in [5.74, 6) is 0.706. The first-order valence-corrected chi connectivity index (χ1v) is 5.32. The summed E-state index contributed by atoms with van der Waals surface area (Å²) in [6.45, 7) is 1.07. The first-order chi connectivity index (χ1) is 7.70. The number of methoxy groups -OCH3 is 1. The molecular weight excluding hydrogens is 206 g/mol. The molecule has 1 fully saturated rings. The summed E-state index contributed by atoms with van der Waals surface area (Å²) >= 11 is 0. The molecule has 2 rings (SSSR count). The molecule has 86 valence electrons. The van der Waals surface area contributed by atoms with Gasteiger partial charge in [0.05, 0.1) is 13.2 Å². The zero-order valence-electron chi connectivity index (χ0n) is 9.22. The number of hydrogen-bond donors (Lipinski definition) is 1. The number of carbonyl (C=O) groups is 1. The van der Waals surface area contributed by atoms with Crippen molar-refractivity contribution in [2.24, 2.45) is 0 Å². The lowest BCUT2D eigenvalue weighted by molar-refractivity contribution is 0.0765. The van der Waals surface area contributed by atoms with Gasteiger partial charge in [0.1, 0.15) is 5.75 Å². The molecule has 1 amide bonds. The summed E-state index contributed by atoms with van der Waals surface area (Å²) in [4.78, 5) is 13.6. The molecule has 0 radical (unpaired) electrons. The molecule has 1 N–H and O–H groups in total. The van der Waals surface area contributed by atoms with Crippen LogP contribution in [0.4, 0.5) is 0 Å². The van der Waals surface area contributed by atoms with Crippen LogP contribution in [-0.4, -0.2) is 42.2 Å². The van der Waals surface area contributed by atoms with Crippen LogP contribution in [0.25, 0.3) is 0 Å². The second kappa shape index (κ2) is 4.53. The van der Waals surface area contributed by atoms with Gasteiger partial charge in [-0.05, 0) is 30.7 Å². The summed E-state index contributed by atoms with van der Waals surface area (Å²) in [6.07, 6.45) is 0.296. The predicted molar refractivity (Wildman–Crippen MR) is 59.5 cm³/mol. The van der Waals surface area contributed by atoms with Gasteiger partial charge in [-0.25, -0.2) is 0 Å². The van der Waals surface area contributed by atoms with Gasteiger partial charge in [-0.1, -0.05) is 0 Å². The molecular formula is C12H15NO3. The number of aliphatic hydroxyl groups is 1. The average molecular weight is 221 g/mol. The lowest BCUT2D eigenvalue weighted by Crippen LogP contribution is -2.29. The van der Waals surface area contributed by atoms with E-state index in [0.29, 0.717) is 25.1 Å². The Morgan fingerprint density at radius 1 is 1.44 bits per heavy atom. The van der Waals surface area contributed by atoms with Crippen molar-refractivity contribution in [2.75, 3.05) is 20.2 Å². The zero-order valence-corrected chi connectivity index (χ0v) is 9.22. The number of aliphatic hydroxyl groups excluding tert-OH is 1. The summed E-state index contributed by atoms with van der Waals surface area (Å²) < 4.78 is 5.03. The summed E-state index contributed by atoms with van der Waals surface area (Å²) in [6, 6.07) is 7.01. The first kappa shape index (κ1) is 11.0. The molecule has 0 aromatic heterocycles. The molecule has 1 heterocycles. The SMILES string of the molecule is COc1ccc(C(=O)N2CC[C@@H](O)C2)cc1. The largest absolute Gasteiger partial charge is 0.497 e. The van der Waals surface area contributed by atoms with Crippen LogP contribution in [0, 0.1) is 0 Å². The van der Waals surface area contributed by atoms with E-state index in [2.05, 4.69) is 0 Å². The van der Waals surface area contributed by atoms with Crippen molar-refractivity contribution in [1.82, 2.24) is 4.90 Å². The van der Waals surface area contributed by atoms with Crippen molar-refractivity contribution in [3.8, 4) is 5.75 Å². The van der Waals surface area contributed by atoms with Gasteiger partial charge in [0.2, 0.25) is 0 Å². The van der Waals surface area contributed by atoms with Crippen LogP contribution in [0.2, 0.25) is 0 Å². The van der Waals surface area contributed by atoms with E-state index in [9.17, 15) is 9.90 Å². The lowest BCUT2D eigenvalue weighted by Gasteiger charge is -2.15. The van der Waals surface area contributed by atoms with Crippen molar-refractivity contribution >= 4 is 5.91 Å². The minimum Gasteiger partial charge on any atom is -0.497 e. The molecule has 1 aromatic carbocycles. The van der Waals surface area contributed by atoms with Crippen LogP contribution >= 0.6 is 0 Å². The maximum Gasteiger partial charge on any atom is 0.253 e. The molecule has 1 atom stereocenters. The molecule has 4 heteroatoms. The van der Waals surface area contributed by atoms with E-state index in [1.807, 2.05) is 0 Å². The number of rotatable bonds is 2. The van der Waals surface area contributed by atoms with Crippen molar-refractivity contribution in [1.29, 1.82) is 0 Å². The molecule has 0 saturated carbocycles. The fraction of sp³-hybridized carbons (Fsp3) is 0.417. The number of ether oxygens (including phenoxy) is 1. The van der Waals surface area contributed by atoms with Gasteiger partial charge in [-0.15, -0.1) is 0 Å². The molecule has 1 aliphatic rings. The molecule has 1 aliphatic heterocycles. The Labute approximate surface area is 94.4 Å². The van der Waals surface area contributed by atoms with Crippen molar-refractivity contribution in [2.45, 2.75) is 12.5 Å². The number of β-amino-alcohol motifs (C(OH)–C–C–N with tert-alkyl or cyclic N) is 1. The van der Waals surface area contributed by atoms with Crippen LogP contribution in [0.3, 0.4) is 0 Å². The predicted octanol–water partition coefficient (Wildman–Crippen LogP) is 0.902. The van der Waals surface area contributed by atoms with Crippen molar-refractivity contribution in [3.05, 3.63) is 29.8 Å². The second-order valence-corrected chi connectivity index (χ2v) is 3.92. The van der Waals surface area contributed by atoms with Crippen LogP contribution in [0.15, 0.2) is 24.3 Å². The monoisotopic (exact) mass is 221 g/mol. The number of hydrogen-bond acceptors (Lipinski definition) is 3. The van der Waals surface area contributed by atoms with Gasteiger partial charge < -0.3 is 14.7 Å².